The first kappa shape index (κ1) is 23.2. The van der Waals surface area contributed by atoms with Crippen molar-refractivity contribution < 1.29 is 8.83 Å². The van der Waals surface area contributed by atoms with E-state index < -0.39 is 0 Å². The van der Waals surface area contributed by atoms with Gasteiger partial charge in [0.15, 0.2) is 0 Å². The number of rotatable bonds is 2. The zero-order valence-electron chi connectivity index (χ0n) is 22.9. The van der Waals surface area contributed by atoms with E-state index in [0.29, 0.717) is 0 Å². The first-order valence-electron chi connectivity index (χ1n) is 14.5. The fourth-order valence-electron chi connectivity index (χ4n) is 7.05. The van der Waals surface area contributed by atoms with Gasteiger partial charge in [-0.1, -0.05) is 97.1 Å². The summed E-state index contributed by atoms with van der Waals surface area (Å²) in [7, 11) is 0. The summed E-state index contributed by atoms with van der Waals surface area (Å²) in [4.78, 5) is 0. The van der Waals surface area contributed by atoms with Crippen molar-refractivity contribution >= 4 is 86.0 Å². The van der Waals surface area contributed by atoms with Gasteiger partial charge in [-0.25, -0.2) is 0 Å². The fraction of sp³-hybridized carbons (Fsp3) is 0. The quantitative estimate of drug-likeness (QED) is 0.195. The molecule has 3 heterocycles. The van der Waals surface area contributed by atoms with Crippen LogP contribution < -0.4 is 0 Å². The Morgan fingerprint density at radius 1 is 0.395 bits per heavy atom. The molecule has 0 fully saturated rings. The summed E-state index contributed by atoms with van der Waals surface area (Å²) < 4.78 is 15.0. The van der Waals surface area contributed by atoms with Gasteiger partial charge in [-0.05, 0) is 56.9 Å². The smallest absolute Gasteiger partial charge is 0.139 e. The van der Waals surface area contributed by atoms with E-state index in [0.717, 1.165) is 38.5 Å². The van der Waals surface area contributed by atoms with Crippen molar-refractivity contribution in [2.24, 2.45) is 0 Å². The summed E-state index contributed by atoms with van der Waals surface area (Å²) in [6.45, 7) is 0. The molecule has 0 atom stereocenters. The lowest BCUT2D eigenvalue weighted by Crippen LogP contribution is -1.90. The molecule has 0 amide bonds. The molecule has 0 spiro atoms. The third kappa shape index (κ3) is 3.23. The molecular formula is C40H22O2S. The van der Waals surface area contributed by atoms with Crippen LogP contribution in [0.3, 0.4) is 0 Å². The maximum absolute atomic E-state index is 6.24. The number of fused-ring (bicyclic) bond motifs is 9. The summed E-state index contributed by atoms with van der Waals surface area (Å²) in [5.74, 6) is 0. The minimum atomic E-state index is 0.828. The second kappa shape index (κ2) is 8.57. The molecule has 200 valence electrons. The van der Waals surface area contributed by atoms with Crippen LogP contribution in [0.2, 0.25) is 0 Å². The molecule has 0 aliphatic rings. The van der Waals surface area contributed by atoms with Crippen molar-refractivity contribution in [3.05, 3.63) is 134 Å². The number of benzene rings is 7. The lowest BCUT2D eigenvalue weighted by Gasteiger charge is -2.17. The third-order valence-corrected chi connectivity index (χ3v) is 10.1. The molecular weight excluding hydrogens is 545 g/mol. The fourth-order valence-corrected chi connectivity index (χ4v) is 8.20. The number of thiophene rings is 1. The highest BCUT2D eigenvalue weighted by molar-refractivity contribution is 7.25. The molecule has 0 radical (unpaired) electrons. The standard InChI is InChI=1S/C40H22O2S/c1-3-13-29-27(11-1)39(23-17-18-26-25-10-6-8-16-37(25)43-38(26)19-23)28-12-2-4-14-30(28)40(29)33-22-41-35-21-36-31(20-32(33)35)24-9-5-7-15-34(24)42-36/h1-22H. The molecule has 2 nitrogen and oxygen atoms in total. The largest absolute Gasteiger partial charge is 0.464 e. The maximum Gasteiger partial charge on any atom is 0.139 e. The van der Waals surface area contributed by atoms with Crippen molar-refractivity contribution in [2.45, 2.75) is 0 Å². The zero-order chi connectivity index (χ0) is 28.1. The number of para-hydroxylation sites is 1. The van der Waals surface area contributed by atoms with Crippen molar-refractivity contribution in [2.75, 3.05) is 0 Å². The van der Waals surface area contributed by atoms with Crippen molar-refractivity contribution in [1.82, 2.24) is 0 Å². The first-order valence-corrected chi connectivity index (χ1v) is 15.3. The summed E-state index contributed by atoms with van der Waals surface area (Å²) >= 11 is 1.87. The van der Waals surface area contributed by atoms with E-state index in [1.165, 1.54) is 58.4 Å². The van der Waals surface area contributed by atoms with Gasteiger partial charge >= 0.3 is 0 Å². The summed E-state index contributed by atoms with van der Waals surface area (Å²) in [5.41, 5.74) is 7.37. The van der Waals surface area contributed by atoms with Gasteiger partial charge in [0.1, 0.15) is 16.7 Å². The molecule has 0 aliphatic carbocycles. The molecule has 10 aromatic rings. The lowest BCUT2D eigenvalue weighted by atomic mass is 9.85. The summed E-state index contributed by atoms with van der Waals surface area (Å²) in [6, 6.07) is 45.8. The van der Waals surface area contributed by atoms with Gasteiger partial charge in [0.2, 0.25) is 0 Å². The molecule has 10 rings (SSSR count). The van der Waals surface area contributed by atoms with Gasteiger partial charge in [-0.15, -0.1) is 11.3 Å². The molecule has 0 saturated heterocycles. The average molecular weight is 567 g/mol. The van der Waals surface area contributed by atoms with Crippen LogP contribution in [0.15, 0.2) is 142 Å². The predicted molar refractivity (Wildman–Crippen MR) is 182 cm³/mol. The Balaban J connectivity index is 1.29. The van der Waals surface area contributed by atoms with E-state index in [4.69, 9.17) is 8.83 Å². The Kier molecular flexibility index (Phi) is 4.63. The van der Waals surface area contributed by atoms with Gasteiger partial charge < -0.3 is 8.83 Å². The van der Waals surface area contributed by atoms with Crippen LogP contribution in [0.5, 0.6) is 0 Å². The van der Waals surface area contributed by atoms with E-state index in [1.807, 2.05) is 35.8 Å². The minimum Gasteiger partial charge on any atom is -0.464 e. The van der Waals surface area contributed by atoms with E-state index in [9.17, 15) is 0 Å². The van der Waals surface area contributed by atoms with E-state index in [2.05, 4.69) is 109 Å². The molecule has 0 saturated carbocycles. The van der Waals surface area contributed by atoms with E-state index in [-0.39, 0.29) is 0 Å². The Morgan fingerprint density at radius 3 is 1.79 bits per heavy atom. The average Bonchev–Trinajstić information content (AvgIpc) is 3.75. The number of hydrogen-bond acceptors (Lipinski definition) is 3. The normalized spacial score (nSPS) is 12.2. The van der Waals surface area contributed by atoms with Gasteiger partial charge in [0.25, 0.3) is 0 Å². The van der Waals surface area contributed by atoms with Gasteiger partial charge in [0.05, 0.1) is 6.26 Å². The Labute approximate surface area is 250 Å². The molecule has 0 unspecified atom stereocenters. The van der Waals surface area contributed by atoms with Crippen LogP contribution in [0.1, 0.15) is 0 Å². The van der Waals surface area contributed by atoms with Crippen molar-refractivity contribution in [3.63, 3.8) is 0 Å². The Hall–Kier alpha value is -5.38. The highest BCUT2D eigenvalue weighted by Gasteiger charge is 2.21. The van der Waals surface area contributed by atoms with Crippen LogP contribution in [0.25, 0.3) is 96.9 Å². The van der Waals surface area contributed by atoms with Gasteiger partial charge in [0, 0.05) is 53.5 Å². The van der Waals surface area contributed by atoms with Gasteiger partial charge in [-0.2, -0.15) is 0 Å². The predicted octanol–water partition coefficient (Wildman–Crippen LogP) is 12.3. The van der Waals surface area contributed by atoms with Crippen LogP contribution in [-0.2, 0) is 0 Å². The number of furan rings is 2. The second-order valence-electron chi connectivity index (χ2n) is 11.2. The van der Waals surface area contributed by atoms with Crippen LogP contribution >= 0.6 is 11.3 Å². The molecule has 0 N–H and O–H groups in total. The van der Waals surface area contributed by atoms with Gasteiger partial charge in [-0.3, -0.25) is 0 Å². The van der Waals surface area contributed by atoms with E-state index >= 15 is 0 Å². The molecule has 43 heavy (non-hydrogen) atoms. The Morgan fingerprint density at radius 2 is 1.02 bits per heavy atom. The van der Waals surface area contributed by atoms with Crippen LogP contribution in [0.4, 0.5) is 0 Å². The van der Waals surface area contributed by atoms with Crippen LogP contribution in [0, 0.1) is 0 Å². The maximum atomic E-state index is 6.24. The Bertz CT molecular complexity index is 2680. The van der Waals surface area contributed by atoms with Crippen molar-refractivity contribution in [3.8, 4) is 22.3 Å². The monoisotopic (exact) mass is 566 g/mol. The molecule has 7 aromatic carbocycles. The SMILES string of the molecule is c1ccc2c(c1)oc1cc3occ(-c4c5ccccc5c(-c5ccc6c(c5)sc5ccccc56)c5ccccc45)c3cc12. The second-order valence-corrected chi connectivity index (χ2v) is 12.3. The molecule has 3 heteroatoms. The molecule has 3 aromatic heterocycles. The summed E-state index contributed by atoms with van der Waals surface area (Å²) in [5, 5.41) is 10.9. The first-order chi connectivity index (χ1) is 21.3. The topological polar surface area (TPSA) is 26.3 Å². The number of hydrogen-bond donors (Lipinski definition) is 0. The highest BCUT2D eigenvalue weighted by Crippen LogP contribution is 2.47. The highest BCUT2D eigenvalue weighted by atomic mass is 32.1. The van der Waals surface area contributed by atoms with E-state index in [1.54, 1.807) is 0 Å². The van der Waals surface area contributed by atoms with Crippen LogP contribution in [-0.4, -0.2) is 0 Å². The molecule has 0 aliphatic heterocycles. The minimum absolute atomic E-state index is 0.828. The summed E-state index contributed by atoms with van der Waals surface area (Å²) in [6.07, 6.45) is 1.92. The van der Waals surface area contributed by atoms with Crippen molar-refractivity contribution in [1.29, 1.82) is 0 Å². The lowest BCUT2D eigenvalue weighted by molar-refractivity contribution is 0.614. The third-order valence-electron chi connectivity index (χ3n) is 8.94. The zero-order valence-corrected chi connectivity index (χ0v) is 23.7. The molecule has 0 bridgehead atoms.